The first-order chi connectivity index (χ1) is 7.65. The monoisotopic (exact) mass is 242 g/mol. The summed E-state index contributed by atoms with van der Waals surface area (Å²) in [6.45, 7) is 0. The molecular formula is C12H15FO2S. The molecule has 0 aliphatic carbocycles. The van der Waals surface area contributed by atoms with Crippen molar-refractivity contribution in [3.63, 3.8) is 0 Å². The number of hydrogen-bond acceptors (Lipinski definition) is 2. The number of hydrogen-bond donors (Lipinski definition) is 1. The van der Waals surface area contributed by atoms with Gasteiger partial charge in [0.25, 0.3) is 0 Å². The van der Waals surface area contributed by atoms with E-state index in [1.54, 1.807) is 30.0 Å². The number of carboxylic acids is 1. The molecule has 0 saturated carbocycles. The molecule has 88 valence electrons. The molecule has 0 amide bonds. The van der Waals surface area contributed by atoms with E-state index in [0.29, 0.717) is 12.0 Å². The lowest BCUT2D eigenvalue weighted by molar-refractivity contribution is -0.141. The van der Waals surface area contributed by atoms with Crippen LogP contribution in [0.4, 0.5) is 4.39 Å². The maximum Gasteiger partial charge on any atom is 0.306 e. The minimum absolute atomic E-state index is 0.266. The van der Waals surface area contributed by atoms with Crippen molar-refractivity contribution < 1.29 is 14.3 Å². The van der Waals surface area contributed by atoms with Crippen molar-refractivity contribution in [2.75, 3.05) is 12.0 Å². The van der Waals surface area contributed by atoms with Crippen LogP contribution in [0, 0.1) is 11.7 Å². The number of rotatable bonds is 6. The summed E-state index contributed by atoms with van der Waals surface area (Å²) in [6, 6.07) is 6.34. The molecule has 4 heteroatoms. The lowest BCUT2D eigenvalue weighted by atomic mass is 9.97. The summed E-state index contributed by atoms with van der Waals surface area (Å²) in [5.74, 6) is -0.884. The van der Waals surface area contributed by atoms with E-state index in [1.807, 2.05) is 6.26 Å². The Morgan fingerprint density at radius 3 is 2.75 bits per heavy atom. The SMILES string of the molecule is CSCCC(Cc1ccccc1F)C(=O)O. The zero-order valence-corrected chi connectivity index (χ0v) is 9.97. The summed E-state index contributed by atoms with van der Waals surface area (Å²) in [6.07, 6.45) is 2.77. The van der Waals surface area contributed by atoms with Crippen LogP contribution in [0.1, 0.15) is 12.0 Å². The van der Waals surface area contributed by atoms with Crippen LogP contribution in [0.2, 0.25) is 0 Å². The smallest absolute Gasteiger partial charge is 0.306 e. The quantitative estimate of drug-likeness (QED) is 0.833. The third-order valence-corrected chi connectivity index (χ3v) is 3.09. The van der Waals surface area contributed by atoms with Crippen molar-refractivity contribution in [2.24, 2.45) is 5.92 Å². The fraction of sp³-hybridized carbons (Fsp3) is 0.417. The molecule has 0 aliphatic rings. The van der Waals surface area contributed by atoms with Gasteiger partial charge in [-0.15, -0.1) is 0 Å². The van der Waals surface area contributed by atoms with Crippen LogP contribution < -0.4 is 0 Å². The van der Waals surface area contributed by atoms with Crippen LogP contribution >= 0.6 is 11.8 Å². The van der Waals surface area contributed by atoms with Crippen molar-refractivity contribution in [3.8, 4) is 0 Å². The number of halogens is 1. The third-order valence-electron chi connectivity index (χ3n) is 2.44. The summed E-state index contributed by atoms with van der Waals surface area (Å²) < 4.78 is 13.3. The van der Waals surface area contributed by atoms with Crippen molar-refractivity contribution >= 4 is 17.7 Å². The topological polar surface area (TPSA) is 37.3 Å². The number of benzene rings is 1. The Balaban J connectivity index is 2.68. The Hall–Kier alpha value is -1.03. The third kappa shape index (κ3) is 3.85. The second-order valence-electron chi connectivity index (χ2n) is 3.61. The van der Waals surface area contributed by atoms with Gasteiger partial charge in [-0.05, 0) is 36.5 Å². The van der Waals surface area contributed by atoms with Gasteiger partial charge in [0.05, 0.1) is 5.92 Å². The molecule has 1 unspecified atom stereocenters. The highest BCUT2D eigenvalue weighted by Gasteiger charge is 2.18. The van der Waals surface area contributed by atoms with E-state index in [4.69, 9.17) is 5.11 Å². The average Bonchev–Trinajstić information content (AvgIpc) is 2.26. The van der Waals surface area contributed by atoms with Gasteiger partial charge < -0.3 is 5.11 Å². The van der Waals surface area contributed by atoms with Crippen LogP contribution in [0.15, 0.2) is 24.3 Å². The average molecular weight is 242 g/mol. The fourth-order valence-corrected chi connectivity index (χ4v) is 2.02. The van der Waals surface area contributed by atoms with Gasteiger partial charge in [0.1, 0.15) is 5.82 Å². The summed E-state index contributed by atoms with van der Waals surface area (Å²) in [5, 5.41) is 9.02. The Morgan fingerprint density at radius 1 is 1.50 bits per heavy atom. The molecular weight excluding hydrogens is 227 g/mol. The van der Waals surface area contributed by atoms with Crippen LogP contribution in [-0.2, 0) is 11.2 Å². The first kappa shape index (κ1) is 13.0. The van der Waals surface area contributed by atoms with E-state index in [2.05, 4.69) is 0 Å². The highest BCUT2D eigenvalue weighted by Crippen LogP contribution is 2.17. The second-order valence-corrected chi connectivity index (χ2v) is 4.60. The molecule has 0 radical (unpaired) electrons. The van der Waals surface area contributed by atoms with E-state index in [-0.39, 0.29) is 12.2 Å². The first-order valence-electron chi connectivity index (χ1n) is 5.10. The van der Waals surface area contributed by atoms with Crippen molar-refractivity contribution in [2.45, 2.75) is 12.8 Å². The lowest BCUT2D eigenvalue weighted by Crippen LogP contribution is -2.18. The molecule has 1 atom stereocenters. The van der Waals surface area contributed by atoms with Gasteiger partial charge in [-0.1, -0.05) is 18.2 Å². The van der Waals surface area contributed by atoms with Gasteiger partial charge in [-0.25, -0.2) is 4.39 Å². The Labute approximate surface area is 98.9 Å². The number of thioether (sulfide) groups is 1. The molecule has 1 rings (SSSR count). The molecule has 2 nitrogen and oxygen atoms in total. The molecule has 0 heterocycles. The standard InChI is InChI=1S/C12H15FO2S/c1-16-7-6-10(12(14)15)8-9-4-2-3-5-11(9)13/h2-5,10H,6-8H2,1H3,(H,14,15). The van der Waals surface area contributed by atoms with Gasteiger partial charge in [0.15, 0.2) is 0 Å². The summed E-state index contributed by atoms with van der Waals surface area (Å²) >= 11 is 1.61. The summed E-state index contributed by atoms with van der Waals surface area (Å²) in [4.78, 5) is 11.0. The molecule has 0 bridgehead atoms. The van der Waals surface area contributed by atoms with E-state index < -0.39 is 11.9 Å². The molecule has 0 aromatic heterocycles. The summed E-state index contributed by atoms with van der Waals surface area (Å²) in [7, 11) is 0. The zero-order chi connectivity index (χ0) is 12.0. The molecule has 16 heavy (non-hydrogen) atoms. The maximum absolute atomic E-state index is 13.3. The molecule has 1 N–H and O–H groups in total. The minimum Gasteiger partial charge on any atom is -0.481 e. The molecule has 1 aromatic carbocycles. The maximum atomic E-state index is 13.3. The van der Waals surface area contributed by atoms with Crippen molar-refractivity contribution in [1.82, 2.24) is 0 Å². The molecule has 0 saturated heterocycles. The van der Waals surface area contributed by atoms with Crippen molar-refractivity contribution in [1.29, 1.82) is 0 Å². The van der Waals surface area contributed by atoms with Crippen LogP contribution in [0.3, 0.4) is 0 Å². The van der Waals surface area contributed by atoms with Crippen LogP contribution in [0.25, 0.3) is 0 Å². The zero-order valence-electron chi connectivity index (χ0n) is 9.15. The van der Waals surface area contributed by atoms with Crippen LogP contribution in [-0.4, -0.2) is 23.1 Å². The molecule has 0 aliphatic heterocycles. The van der Waals surface area contributed by atoms with Gasteiger partial charge in [0.2, 0.25) is 0 Å². The normalized spacial score (nSPS) is 12.4. The Bertz CT molecular complexity index is 355. The fourth-order valence-electron chi connectivity index (χ4n) is 1.50. The van der Waals surface area contributed by atoms with Gasteiger partial charge in [0, 0.05) is 0 Å². The molecule has 1 aromatic rings. The van der Waals surface area contributed by atoms with E-state index >= 15 is 0 Å². The predicted octanol–water partition coefficient (Wildman–Crippen LogP) is 2.82. The highest BCUT2D eigenvalue weighted by molar-refractivity contribution is 7.98. The minimum atomic E-state index is -0.850. The predicted molar refractivity (Wildman–Crippen MR) is 64.2 cm³/mol. The Kier molecular flexibility index (Phi) is 5.32. The summed E-state index contributed by atoms with van der Waals surface area (Å²) in [5.41, 5.74) is 0.482. The number of carbonyl (C=O) groups is 1. The van der Waals surface area contributed by atoms with Gasteiger partial charge in [-0.3, -0.25) is 4.79 Å². The van der Waals surface area contributed by atoms with E-state index in [0.717, 1.165) is 5.75 Å². The van der Waals surface area contributed by atoms with Crippen LogP contribution in [0.5, 0.6) is 0 Å². The highest BCUT2D eigenvalue weighted by atomic mass is 32.2. The second kappa shape index (κ2) is 6.53. The lowest BCUT2D eigenvalue weighted by Gasteiger charge is -2.11. The van der Waals surface area contributed by atoms with E-state index in [9.17, 15) is 9.18 Å². The Morgan fingerprint density at radius 2 is 2.19 bits per heavy atom. The van der Waals surface area contributed by atoms with Gasteiger partial charge in [-0.2, -0.15) is 11.8 Å². The number of aliphatic carboxylic acids is 1. The van der Waals surface area contributed by atoms with Crippen molar-refractivity contribution in [3.05, 3.63) is 35.6 Å². The number of carboxylic acid groups (broad SMARTS) is 1. The largest absolute Gasteiger partial charge is 0.481 e. The van der Waals surface area contributed by atoms with Gasteiger partial charge >= 0.3 is 5.97 Å². The first-order valence-corrected chi connectivity index (χ1v) is 6.49. The molecule has 0 fully saturated rings. The molecule has 0 spiro atoms. The van der Waals surface area contributed by atoms with E-state index in [1.165, 1.54) is 6.07 Å².